The number of methoxy groups -OCH3 is 1. The lowest BCUT2D eigenvalue weighted by molar-refractivity contribution is -0.144. The number of hydrogen-bond donors (Lipinski definition) is 0. The number of allylic oxidation sites excluding steroid dienone is 1. The SMILES string of the molecule is COC(=O)COc1ccc(C=c2sc3n(c2=O)C(c2ccccc2)C(C(=O)OC(C)C)=C(C)N=3)cc1Br. The minimum absolute atomic E-state index is 0.215. The fourth-order valence-corrected chi connectivity index (χ4v) is 5.44. The van der Waals surface area contributed by atoms with Gasteiger partial charge in [0.25, 0.3) is 5.56 Å². The van der Waals surface area contributed by atoms with Gasteiger partial charge in [0, 0.05) is 0 Å². The smallest absolute Gasteiger partial charge is 0.343 e. The number of thiazole rings is 1. The second-order valence-electron chi connectivity index (χ2n) is 8.50. The molecule has 2 aromatic carbocycles. The van der Waals surface area contributed by atoms with E-state index in [4.69, 9.17) is 9.47 Å². The largest absolute Gasteiger partial charge is 0.481 e. The lowest BCUT2D eigenvalue weighted by Gasteiger charge is -2.25. The fourth-order valence-electron chi connectivity index (χ4n) is 3.88. The van der Waals surface area contributed by atoms with E-state index in [0.717, 1.165) is 11.1 Å². The van der Waals surface area contributed by atoms with Gasteiger partial charge < -0.3 is 14.2 Å². The molecule has 4 rings (SSSR count). The summed E-state index contributed by atoms with van der Waals surface area (Å²) < 4.78 is 18.2. The molecule has 1 unspecified atom stereocenters. The summed E-state index contributed by atoms with van der Waals surface area (Å²) in [6.07, 6.45) is 1.44. The molecule has 1 atom stereocenters. The van der Waals surface area contributed by atoms with Gasteiger partial charge in [0.05, 0.1) is 39.5 Å². The van der Waals surface area contributed by atoms with Gasteiger partial charge in [-0.15, -0.1) is 0 Å². The number of carbonyl (C=O) groups is 2. The maximum atomic E-state index is 13.7. The highest BCUT2D eigenvalue weighted by Gasteiger charge is 2.33. The molecule has 8 nitrogen and oxygen atoms in total. The van der Waals surface area contributed by atoms with Crippen molar-refractivity contribution in [2.24, 2.45) is 4.99 Å². The van der Waals surface area contributed by atoms with Gasteiger partial charge in [0.2, 0.25) is 0 Å². The van der Waals surface area contributed by atoms with Crippen molar-refractivity contribution >= 4 is 45.3 Å². The fraction of sp³-hybridized carbons (Fsp3) is 0.259. The van der Waals surface area contributed by atoms with E-state index in [2.05, 4.69) is 25.7 Å². The minimum Gasteiger partial charge on any atom is -0.481 e. The van der Waals surface area contributed by atoms with Crippen LogP contribution in [0, 0.1) is 0 Å². The maximum absolute atomic E-state index is 13.7. The molecule has 0 amide bonds. The molecule has 0 saturated heterocycles. The molecule has 1 aliphatic heterocycles. The van der Waals surface area contributed by atoms with Gasteiger partial charge in [-0.05, 0) is 66.0 Å². The molecule has 10 heteroatoms. The zero-order valence-electron chi connectivity index (χ0n) is 20.7. The van der Waals surface area contributed by atoms with E-state index < -0.39 is 18.0 Å². The van der Waals surface area contributed by atoms with Crippen LogP contribution in [-0.2, 0) is 19.1 Å². The molecule has 1 aromatic heterocycles. The monoisotopic (exact) mass is 584 g/mol. The van der Waals surface area contributed by atoms with Crippen molar-refractivity contribution in [1.82, 2.24) is 4.57 Å². The molecule has 37 heavy (non-hydrogen) atoms. The number of fused-ring (bicyclic) bond motifs is 1. The van der Waals surface area contributed by atoms with Crippen LogP contribution in [0.2, 0.25) is 0 Å². The van der Waals surface area contributed by atoms with E-state index >= 15 is 0 Å². The van der Waals surface area contributed by atoms with E-state index in [1.54, 1.807) is 49.6 Å². The van der Waals surface area contributed by atoms with E-state index in [0.29, 0.717) is 30.8 Å². The van der Waals surface area contributed by atoms with Crippen LogP contribution in [0.5, 0.6) is 5.75 Å². The molecular formula is C27H25BrN2O6S. The van der Waals surface area contributed by atoms with Crippen LogP contribution in [0.4, 0.5) is 0 Å². The highest BCUT2D eigenvalue weighted by atomic mass is 79.9. The molecule has 0 aliphatic carbocycles. The van der Waals surface area contributed by atoms with Crippen molar-refractivity contribution < 1.29 is 23.8 Å². The van der Waals surface area contributed by atoms with Crippen LogP contribution >= 0.6 is 27.3 Å². The van der Waals surface area contributed by atoms with E-state index in [-0.39, 0.29) is 18.3 Å². The highest BCUT2D eigenvalue weighted by Crippen LogP contribution is 2.31. The predicted molar refractivity (Wildman–Crippen MR) is 143 cm³/mol. The zero-order chi connectivity index (χ0) is 26.7. The van der Waals surface area contributed by atoms with Crippen molar-refractivity contribution in [2.75, 3.05) is 13.7 Å². The zero-order valence-corrected chi connectivity index (χ0v) is 23.1. The van der Waals surface area contributed by atoms with Gasteiger partial charge in [-0.1, -0.05) is 47.7 Å². The normalized spacial score (nSPS) is 15.3. The van der Waals surface area contributed by atoms with Crippen molar-refractivity contribution in [3.8, 4) is 5.75 Å². The number of benzene rings is 2. The number of esters is 2. The Morgan fingerprint density at radius 2 is 1.92 bits per heavy atom. The van der Waals surface area contributed by atoms with Crippen LogP contribution in [0.15, 0.2) is 74.1 Å². The molecule has 0 fully saturated rings. The summed E-state index contributed by atoms with van der Waals surface area (Å²) in [5.41, 5.74) is 2.13. The third-order valence-electron chi connectivity index (χ3n) is 5.53. The molecular weight excluding hydrogens is 560 g/mol. The molecule has 3 aromatic rings. The lowest BCUT2D eigenvalue weighted by atomic mass is 9.96. The van der Waals surface area contributed by atoms with Gasteiger partial charge in [0.15, 0.2) is 11.4 Å². The Labute approximate surface area is 225 Å². The summed E-state index contributed by atoms with van der Waals surface area (Å²) in [5.74, 6) is -0.514. The predicted octanol–water partition coefficient (Wildman–Crippen LogP) is 3.50. The second-order valence-corrected chi connectivity index (χ2v) is 10.4. The summed E-state index contributed by atoms with van der Waals surface area (Å²) >= 11 is 4.69. The van der Waals surface area contributed by atoms with Gasteiger partial charge in [0.1, 0.15) is 5.75 Å². The lowest BCUT2D eigenvalue weighted by Crippen LogP contribution is -2.40. The molecule has 192 valence electrons. The Morgan fingerprint density at radius 3 is 2.57 bits per heavy atom. The van der Waals surface area contributed by atoms with Crippen LogP contribution in [-0.4, -0.2) is 36.3 Å². The number of ether oxygens (including phenoxy) is 3. The number of hydrogen-bond acceptors (Lipinski definition) is 8. The summed E-state index contributed by atoms with van der Waals surface area (Å²) in [5, 5.41) is 0. The van der Waals surface area contributed by atoms with Crippen LogP contribution in [0.1, 0.15) is 37.9 Å². The van der Waals surface area contributed by atoms with Gasteiger partial charge in [-0.2, -0.15) is 0 Å². The van der Waals surface area contributed by atoms with E-state index in [1.807, 2.05) is 30.3 Å². The first kappa shape index (κ1) is 26.6. The first-order valence-electron chi connectivity index (χ1n) is 11.5. The van der Waals surface area contributed by atoms with Crippen molar-refractivity contribution in [1.29, 1.82) is 0 Å². The maximum Gasteiger partial charge on any atom is 0.343 e. The summed E-state index contributed by atoms with van der Waals surface area (Å²) in [4.78, 5) is 43.2. The third-order valence-corrected chi connectivity index (χ3v) is 7.13. The first-order chi connectivity index (χ1) is 17.7. The van der Waals surface area contributed by atoms with Gasteiger partial charge >= 0.3 is 11.9 Å². The van der Waals surface area contributed by atoms with Crippen LogP contribution in [0.3, 0.4) is 0 Å². The molecule has 0 spiro atoms. The Kier molecular flexibility index (Phi) is 8.09. The quantitative estimate of drug-likeness (QED) is 0.394. The Morgan fingerprint density at radius 1 is 1.19 bits per heavy atom. The molecule has 1 aliphatic rings. The number of rotatable bonds is 7. The minimum atomic E-state index is -0.660. The van der Waals surface area contributed by atoms with Crippen molar-refractivity contribution in [2.45, 2.75) is 32.9 Å². The molecule has 0 radical (unpaired) electrons. The van der Waals surface area contributed by atoms with Gasteiger partial charge in [-0.3, -0.25) is 9.36 Å². The molecule has 0 saturated carbocycles. The van der Waals surface area contributed by atoms with Gasteiger partial charge in [-0.25, -0.2) is 14.6 Å². The second kappa shape index (κ2) is 11.3. The van der Waals surface area contributed by atoms with Crippen LogP contribution < -0.4 is 19.6 Å². The molecule has 2 heterocycles. The topological polar surface area (TPSA) is 96.2 Å². The first-order valence-corrected chi connectivity index (χ1v) is 13.1. The standard InChI is InChI=1S/C27H25BrN2O6S/c1-15(2)36-26(33)23-16(3)29-27-30(24(23)18-8-6-5-7-9-18)25(32)21(37-27)13-17-10-11-20(19(28)12-17)35-14-22(31)34-4/h5-13,15,24H,14H2,1-4H3. The Hall–Kier alpha value is -3.50. The Balaban J connectivity index is 1.79. The Bertz CT molecular complexity index is 1560. The molecule has 0 N–H and O–H groups in total. The summed E-state index contributed by atoms with van der Waals surface area (Å²) in [6, 6.07) is 14.0. The van der Waals surface area contributed by atoms with Crippen LogP contribution in [0.25, 0.3) is 6.08 Å². The third kappa shape index (κ3) is 5.75. The number of nitrogens with zero attached hydrogens (tertiary/aromatic N) is 2. The molecule has 0 bridgehead atoms. The highest BCUT2D eigenvalue weighted by molar-refractivity contribution is 9.10. The van der Waals surface area contributed by atoms with E-state index in [1.165, 1.54) is 18.4 Å². The van der Waals surface area contributed by atoms with Crippen molar-refractivity contribution in [3.05, 3.63) is 95.1 Å². The number of aromatic nitrogens is 1. The van der Waals surface area contributed by atoms with E-state index in [9.17, 15) is 14.4 Å². The average molecular weight is 585 g/mol. The number of halogens is 1. The average Bonchev–Trinajstić information content (AvgIpc) is 3.16. The van der Waals surface area contributed by atoms with Crippen molar-refractivity contribution in [3.63, 3.8) is 0 Å². The number of carbonyl (C=O) groups excluding carboxylic acids is 2. The summed E-state index contributed by atoms with van der Waals surface area (Å²) in [6.45, 7) is 5.11. The summed E-state index contributed by atoms with van der Waals surface area (Å²) in [7, 11) is 1.29.